The van der Waals surface area contributed by atoms with E-state index in [0.717, 1.165) is 4.68 Å². The predicted octanol–water partition coefficient (Wildman–Crippen LogP) is 2.33. The van der Waals surface area contributed by atoms with E-state index in [1.165, 1.54) is 12.4 Å². The lowest BCUT2D eigenvalue weighted by molar-refractivity contribution is -0.343. The van der Waals surface area contributed by atoms with Crippen LogP contribution in [0.5, 0.6) is 0 Å². The first kappa shape index (κ1) is 20.7. The summed E-state index contributed by atoms with van der Waals surface area (Å²) in [4.78, 5) is 23.2. The Bertz CT molecular complexity index is 654. The second-order valence-electron chi connectivity index (χ2n) is 4.89. The van der Waals surface area contributed by atoms with Crippen molar-refractivity contribution in [3.63, 3.8) is 0 Å². The molecule has 142 valence electrons. The molecule has 0 aromatic carbocycles. The summed E-state index contributed by atoms with van der Waals surface area (Å²) in [5.74, 6) is -16.5. The minimum atomic E-state index is -6.65. The molecule has 0 saturated heterocycles. The molecule has 0 atom stereocenters. The first-order chi connectivity index (χ1) is 11.3. The monoisotopic (exact) mass is 378 g/mol. The lowest BCUT2D eigenvalue weighted by atomic mass is 10.1. The Kier molecular flexibility index (Phi) is 5.70. The Morgan fingerprint density at radius 2 is 1.72 bits per heavy atom. The summed E-state index contributed by atoms with van der Waals surface area (Å²) in [5, 5.41) is 6.99. The fourth-order valence-corrected chi connectivity index (χ4v) is 1.64. The van der Waals surface area contributed by atoms with Crippen LogP contribution in [0.4, 0.5) is 36.4 Å². The zero-order chi connectivity index (χ0) is 19.6. The molecule has 2 amide bonds. The molecule has 1 heterocycles. The normalized spacial score (nSPS) is 12.8. The summed E-state index contributed by atoms with van der Waals surface area (Å²) in [6.45, 7) is 1.87. The third kappa shape index (κ3) is 3.85. The lowest BCUT2D eigenvalue weighted by Gasteiger charge is -2.26. The van der Waals surface area contributed by atoms with Gasteiger partial charge in [0, 0.05) is 13.6 Å². The Balaban J connectivity index is 3.11. The molecule has 0 aliphatic carbocycles. The summed E-state index contributed by atoms with van der Waals surface area (Å²) in [7, 11) is 1.18. The highest BCUT2D eigenvalue weighted by atomic mass is 19.4. The highest BCUT2D eigenvalue weighted by Crippen LogP contribution is 2.46. The highest BCUT2D eigenvalue weighted by Gasteiger charge is 2.76. The SMILES string of the molecule is CCCNC(=O)c1c(NC(=O)C(F)(F)C(F)(F)C(F)(F)F)cnn1C. The number of nitrogens with one attached hydrogen (secondary N) is 2. The van der Waals surface area contributed by atoms with E-state index in [1.54, 1.807) is 6.92 Å². The first-order valence-corrected chi connectivity index (χ1v) is 6.71. The quantitative estimate of drug-likeness (QED) is 0.746. The fourth-order valence-electron chi connectivity index (χ4n) is 1.64. The molecule has 2 N–H and O–H groups in total. The van der Waals surface area contributed by atoms with Crippen LogP contribution in [0.25, 0.3) is 0 Å². The van der Waals surface area contributed by atoms with Crippen LogP contribution in [0.2, 0.25) is 0 Å². The van der Waals surface area contributed by atoms with E-state index in [4.69, 9.17) is 0 Å². The molecule has 1 aromatic rings. The van der Waals surface area contributed by atoms with Gasteiger partial charge in [-0.15, -0.1) is 0 Å². The van der Waals surface area contributed by atoms with Crippen molar-refractivity contribution in [2.75, 3.05) is 11.9 Å². The molecule has 0 aliphatic rings. The van der Waals surface area contributed by atoms with Crippen LogP contribution >= 0.6 is 0 Å². The van der Waals surface area contributed by atoms with Crippen LogP contribution in [-0.4, -0.2) is 46.2 Å². The number of carbonyl (C=O) groups excluding carboxylic acids is 2. The van der Waals surface area contributed by atoms with E-state index in [1.807, 2.05) is 0 Å². The number of aromatic nitrogens is 2. The van der Waals surface area contributed by atoms with Gasteiger partial charge >= 0.3 is 23.9 Å². The minimum absolute atomic E-state index is 0.166. The van der Waals surface area contributed by atoms with E-state index in [9.17, 15) is 40.3 Å². The number of hydrogen-bond acceptors (Lipinski definition) is 3. The number of alkyl halides is 7. The van der Waals surface area contributed by atoms with Gasteiger partial charge in [0.05, 0.1) is 11.9 Å². The molecule has 0 fully saturated rings. The second-order valence-corrected chi connectivity index (χ2v) is 4.89. The van der Waals surface area contributed by atoms with Gasteiger partial charge in [-0.2, -0.15) is 35.8 Å². The first-order valence-electron chi connectivity index (χ1n) is 6.71. The molecule has 6 nitrogen and oxygen atoms in total. The maximum atomic E-state index is 13.3. The average molecular weight is 378 g/mol. The standard InChI is InChI=1S/C12H13F7N4O2/c1-3-4-20-8(24)7-6(5-21-23(7)2)22-9(25)10(13,14)11(15,16)12(17,18)19/h5H,3-4H2,1-2H3,(H,20,24)(H,22,25). The number of rotatable bonds is 6. The largest absolute Gasteiger partial charge is 0.460 e. The average Bonchev–Trinajstić information content (AvgIpc) is 2.84. The van der Waals surface area contributed by atoms with Crippen molar-refractivity contribution >= 4 is 17.5 Å². The van der Waals surface area contributed by atoms with Crippen molar-refractivity contribution in [2.24, 2.45) is 7.05 Å². The van der Waals surface area contributed by atoms with Crippen molar-refractivity contribution in [3.8, 4) is 0 Å². The smallest absolute Gasteiger partial charge is 0.351 e. The number of nitrogens with zero attached hydrogens (tertiary/aromatic N) is 2. The lowest BCUT2D eigenvalue weighted by Crippen LogP contribution is -2.57. The van der Waals surface area contributed by atoms with Crippen molar-refractivity contribution in [1.29, 1.82) is 0 Å². The van der Waals surface area contributed by atoms with Crippen LogP contribution in [-0.2, 0) is 11.8 Å². The van der Waals surface area contributed by atoms with Crippen LogP contribution in [0.15, 0.2) is 6.20 Å². The highest BCUT2D eigenvalue weighted by molar-refractivity contribution is 6.04. The second kappa shape index (κ2) is 6.88. The number of hydrogen-bond donors (Lipinski definition) is 2. The molecule has 25 heavy (non-hydrogen) atoms. The van der Waals surface area contributed by atoms with Gasteiger partial charge in [-0.25, -0.2) is 0 Å². The Labute approximate surface area is 136 Å². The zero-order valence-corrected chi connectivity index (χ0v) is 12.8. The van der Waals surface area contributed by atoms with Crippen molar-refractivity contribution in [1.82, 2.24) is 15.1 Å². The Morgan fingerprint density at radius 1 is 1.16 bits per heavy atom. The topological polar surface area (TPSA) is 76.0 Å². The van der Waals surface area contributed by atoms with Crippen molar-refractivity contribution in [2.45, 2.75) is 31.4 Å². The molecule has 0 aliphatic heterocycles. The molecule has 1 rings (SSSR count). The zero-order valence-electron chi connectivity index (χ0n) is 12.8. The van der Waals surface area contributed by atoms with Crippen molar-refractivity contribution < 1.29 is 40.3 Å². The number of amides is 2. The van der Waals surface area contributed by atoms with Gasteiger partial charge in [-0.05, 0) is 6.42 Å². The summed E-state index contributed by atoms with van der Waals surface area (Å²) in [5.41, 5.74) is -1.23. The van der Waals surface area contributed by atoms with Crippen LogP contribution in [0, 0.1) is 0 Å². The third-order valence-corrected chi connectivity index (χ3v) is 2.97. The van der Waals surface area contributed by atoms with E-state index >= 15 is 0 Å². The summed E-state index contributed by atoms with van der Waals surface area (Å²) >= 11 is 0. The molecule has 0 saturated carbocycles. The number of halogens is 7. The molecule has 13 heteroatoms. The van der Waals surface area contributed by atoms with Gasteiger partial charge in [-0.1, -0.05) is 6.92 Å². The fraction of sp³-hybridized carbons (Fsp3) is 0.583. The van der Waals surface area contributed by atoms with Crippen LogP contribution in [0.3, 0.4) is 0 Å². The maximum Gasteiger partial charge on any atom is 0.460 e. The Hall–Kier alpha value is -2.34. The summed E-state index contributed by atoms with van der Waals surface area (Å²) < 4.78 is 89.4. The van der Waals surface area contributed by atoms with E-state index in [2.05, 4.69) is 10.4 Å². The molecular weight excluding hydrogens is 365 g/mol. The van der Waals surface area contributed by atoms with E-state index < -0.39 is 41.2 Å². The molecule has 1 aromatic heterocycles. The summed E-state index contributed by atoms with van der Waals surface area (Å²) in [6.07, 6.45) is -5.48. The molecule has 0 unspecified atom stereocenters. The third-order valence-electron chi connectivity index (χ3n) is 2.97. The van der Waals surface area contributed by atoms with Gasteiger partial charge in [0.25, 0.3) is 5.91 Å². The number of aryl methyl sites for hydroxylation is 1. The maximum absolute atomic E-state index is 13.3. The van der Waals surface area contributed by atoms with Crippen LogP contribution < -0.4 is 10.6 Å². The van der Waals surface area contributed by atoms with Crippen molar-refractivity contribution in [3.05, 3.63) is 11.9 Å². The van der Waals surface area contributed by atoms with Crippen LogP contribution in [0.1, 0.15) is 23.8 Å². The van der Waals surface area contributed by atoms with E-state index in [0.29, 0.717) is 12.6 Å². The molecule has 0 spiro atoms. The van der Waals surface area contributed by atoms with Gasteiger partial charge in [0.15, 0.2) is 0 Å². The summed E-state index contributed by atoms with van der Waals surface area (Å²) in [6, 6.07) is 0. The minimum Gasteiger partial charge on any atom is -0.351 e. The Morgan fingerprint density at radius 3 is 2.20 bits per heavy atom. The van der Waals surface area contributed by atoms with Gasteiger partial charge in [-0.3, -0.25) is 14.3 Å². The van der Waals surface area contributed by atoms with Gasteiger partial charge in [0.1, 0.15) is 5.69 Å². The number of anilines is 1. The van der Waals surface area contributed by atoms with Gasteiger partial charge in [0.2, 0.25) is 0 Å². The number of carbonyl (C=O) groups is 2. The molecular formula is C12H13F7N4O2. The van der Waals surface area contributed by atoms with E-state index in [-0.39, 0.29) is 6.54 Å². The van der Waals surface area contributed by atoms with Gasteiger partial charge < -0.3 is 10.6 Å². The molecule has 0 bridgehead atoms. The predicted molar refractivity (Wildman–Crippen MR) is 70.4 cm³/mol. The molecule has 0 radical (unpaired) electrons.